The second kappa shape index (κ2) is 9.62. The van der Waals surface area contributed by atoms with Crippen LogP contribution in [0.5, 0.6) is 5.75 Å². The zero-order chi connectivity index (χ0) is 22.9. The van der Waals surface area contributed by atoms with Gasteiger partial charge in [0, 0.05) is 10.4 Å². The summed E-state index contributed by atoms with van der Waals surface area (Å²) in [7, 11) is 0. The number of halogens is 3. The van der Waals surface area contributed by atoms with Gasteiger partial charge in [0.05, 0.1) is 26.1 Å². The highest BCUT2D eigenvalue weighted by Crippen LogP contribution is 2.35. The maximum Gasteiger partial charge on any atom is 0.344 e. The SMILES string of the molecule is CC(C)c1nc2ccc(Br)cc2c(=O)n1N=Cc1cc(Br)c(O[C@H](C)C(=O)O)c(Br)c1. The lowest BCUT2D eigenvalue weighted by atomic mass is 10.2. The summed E-state index contributed by atoms with van der Waals surface area (Å²) in [5.41, 5.74) is 1.02. The molecule has 1 aromatic heterocycles. The molecule has 0 aliphatic rings. The van der Waals surface area contributed by atoms with Crippen molar-refractivity contribution >= 4 is 70.9 Å². The van der Waals surface area contributed by atoms with Gasteiger partial charge >= 0.3 is 5.97 Å². The second-order valence-corrected chi connectivity index (χ2v) is 9.68. The molecule has 1 atom stereocenters. The number of nitrogens with zero attached hydrogens (tertiary/aromatic N) is 3. The predicted molar refractivity (Wildman–Crippen MR) is 130 cm³/mol. The Morgan fingerprint density at radius 3 is 2.39 bits per heavy atom. The summed E-state index contributed by atoms with van der Waals surface area (Å²) in [6.07, 6.45) is 0.529. The molecule has 0 saturated heterocycles. The van der Waals surface area contributed by atoms with Crippen molar-refractivity contribution in [2.45, 2.75) is 32.8 Å². The number of aliphatic carboxylic acids is 1. The zero-order valence-corrected chi connectivity index (χ0v) is 21.5. The topological polar surface area (TPSA) is 93.8 Å². The molecule has 0 amide bonds. The van der Waals surface area contributed by atoms with E-state index in [1.807, 2.05) is 19.9 Å². The zero-order valence-electron chi connectivity index (χ0n) is 16.8. The van der Waals surface area contributed by atoms with Crippen LogP contribution in [-0.4, -0.2) is 33.1 Å². The van der Waals surface area contributed by atoms with Gasteiger partial charge in [-0.15, -0.1) is 0 Å². The van der Waals surface area contributed by atoms with Gasteiger partial charge < -0.3 is 9.84 Å². The number of hydrogen-bond acceptors (Lipinski definition) is 5. The molecule has 0 spiro atoms. The molecule has 0 aliphatic heterocycles. The summed E-state index contributed by atoms with van der Waals surface area (Å²) < 4.78 is 8.66. The highest BCUT2D eigenvalue weighted by molar-refractivity contribution is 9.11. The molecule has 1 N–H and O–H groups in total. The molecule has 0 radical (unpaired) electrons. The fraction of sp³-hybridized carbons (Fsp3) is 0.238. The van der Waals surface area contributed by atoms with Crippen LogP contribution in [0.4, 0.5) is 0 Å². The normalized spacial score (nSPS) is 12.6. The van der Waals surface area contributed by atoms with Crippen molar-refractivity contribution in [1.29, 1.82) is 0 Å². The molecule has 0 bridgehead atoms. The Morgan fingerprint density at radius 1 is 1.16 bits per heavy atom. The van der Waals surface area contributed by atoms with Gasteiger partial charge in [0.1, 0.15) is 11.6 Å². The monoisotopic (exact) mass is 613 g/mol. The van der Waals surface area contributed by atoms with Gasteiger partial charge in [-0.2, -0.15) is 9.78 Å². The first kappa shape index (κ1) is 23.6. The van der Waals surface area contributed by atoms with Gasteiger partial charge in [-0.25, -0.2) is 9.78 Å². The Labute approximate surface area is 203 Å². The third-order valence-electron chi connectivity index (χ3n) is 4.34. The second-order valence-electron chi connectivity index (χ2n) is 7.06. The number of fused-ring (bicyclic) bond motifs is 1. The first-order chi connectivity index (χ1) is 14.6. The molecule has 10 heteroatoms. The van der Waals surface area contributed by atoms with Crippen LogP contribution in [0, 0.1) is 0 Å². The number of carboxylic acid groups (broad SMARTS) is 1. The molecule has 0 unspecified atom stereocenters. The molecule has 0 fully saturated rings. The Kier molecular flexibility index (Phi) is 7.33. The highest BCUT2D eigenvalue weighted by Gasteiger charge is 2.18. The van der Waals surface area contributed by atoms with Gasteiger partial charge in [0.2, 0.25) is 0 Å². The van der Waals surface area contributed by atoms with Crippen LogP contribution < -0.4 is 10.3 Å². The van der Waals surface area contributed by atoms with Gasteiger partial charge in [0.15, 0.2) is 6.10 Å². The van der Waals surface area contributed by atoms with E-state index in [1.165, 1.54) is 11.6 Å². The van der Waals surface area contributed by atoms with Crippen molar-refractivity contribution < 1.29 is 14.6 Å². The average molecular weight is 616 g/mol. The van der Waals surface area contributed by atoms with Crippen LogP contribution in [0.15, 0.2) is 53.6 Å². The van der Waals surface area contributed by atoms with Crippen molar-refractivity contribution in [3.63, 3.8) is 0 Å². The van der Waals surface area contributed by atoms with Crippen LogP contribution in [-0.2, 0) is 4.79 Å². The summed E-state index contributed by atoms with van der Waals surface area (Å²) in [5, 5.41) is 13.9. The lowest BCUT2D eigenvalue weighted by Crippen LogP contribution is -2.23. The van der Waals surface area contributed by atoms with Gasteiger partial charge in [-0.05, 0) is 74.7 Å². The van der Waals surface area contributed by atoms with E-state index in [0.29, 0.717) is 37.0 Å². The fourth-order valence-electron chi connectivity index (χ4n) is 2.77. The van der Waals surface area contributed by atoms with E-state index < -0.39 is 12.1 Å². The van der Waals surface area contributed by atoms with Crippen molar-refractivity contribution in [3.05, 3.63) is 65.5 Å². The Morgan fingerprint density at radius 2 is 1.81 bits per heavy atom. The number of hydrogen-bond donors (Lipinski definition) is 1. The fourth-order valence-corrected chi connectivity index (χ4v) is 4.54. The van der Waals surface area contributed by atoms with E-state index in [9.17, 15) is 9.59 Å². The first-order valence-corrected chi connectivity index (χ1v) is 11.6. The van der Waals surface area contributed by atoms with Crippen LogP contribution in [0.3, 0.4) is 0 Å². The van der Waals surface area contributed by atoms with E-state index in [2.05, 4.69) is 57.9 Å². The maximum absolute atomic E-state index is 13.1. The predicted octanol–water partition coefficient (Wildman–Crippen LogP) is 5.54. The minimum atomic E-state index is -1.07. The van der Waals surface area contributed by atoms with E-state index in [4.69, 9.17) is 9.84 Å². The summed E-state index contributed by atoms with van der Waals surface area (Å²) in [6, 6.07) is 8.82. The molecule has 0 saturated carbocycles. The van der Waals surface area contributed by atoms with Crippen molar-refractivity contribution in [3.8, 4) is 5.75 Å². The number of ether oxygens (including phenoxy) is 1. The molecule has 31 heavy (non-hydrogen) atoms. The first-order valence-electron chi connectivity index (χ1n) is 9.23. The van der Waals surface area contributed by atoms with Crippen molar-refractivity contribution in [2.24, 2.45) is 5.10 Å². The highest BCUT2D eigenvalue weighted by atomic mass is 79.9. The molecule has 0 aliphatic carbocycles. The lowest BCUT2D eigenvalue weighted by Gasteiger charge is -2.14. The van der Waals surface area contributed by atoms with Crippen LogP contribution in [0.25, 0.3) is 10.9 Å². The van der Waals surface area contributed by atoms with E-state index in [0.717, 1.165) is 4.47 Å². The van der Waals surface area contributed by atoms with Crippen LogP contribution >= 0.6 is 47.8 Å². The Bertz CT molecular complexity index is 1230. The largest absolute Gasteiger partial charge is 0.479 e. The molecule has 3 rings (SSSR count). The van der Waals surface area contributed by atoms with Gasteiger partial charge in [-0.3, -0.25) is 4.79 Å². The number of carbonyl (C=O) groups is 1. The average Bonchev–Trinajstić information content (AvgIpc) is 2.69. The van der Waals surface area contributed by atoms with Crippen molar-refractivity contribution in [1.82, 2.24) is 9.66 Å². The number of rotatable bonds is 6. The van der Waals surface area contributed by atoms with Gasteiger partial charge in [0.25, 0.3) is 5.56 Å². The molecule has 2 aromatic carbocycles. The third-order valence-corrected chi connectivity index (χ3v) is 6.01. The number of carboxylic acids is 1. The minimum absolute atomic E-state index is 0.0235. The summed E-state index contributed by atoms with van der Waals surface area (Å²) in [5.74, 6) is -0.182. The molecule has 1 heterocycles. The van der Waals surface area contributed by atoms with E-state index in [-0.39, 0.29) is 11.5 Å². The molecule has 162 valence electrons. The van der Waals surface area contributed by atoms with Crippen molar-refractivity contribution in [2.75, 3.05) is 0 Å². The maximum atomic E-state index is 13.1. The summed E-state index contributed by atoms with van der Waals surface area (Å²) in [4.78, 5) is 28.8. The van der Waals surface area contributed by atoms with E-state index in [1.54, 1.807) is 30.5 Å². The minimum Gasteiger partial charge on any atom is -0.479 e. The van der Waals surface area contributed by atoms with E-state index >= 15 is 0 Å². The third kappa shape index (κ3) is 5.24. The Balaban J connectivity index is 2.05. The molecule has 7 nitrogen and oxygen atoms in total. The Hall–Kier alpha value is -2.04. The lowest BCUT2D eigenvalue weighted by molar-refractivity contribution is -0.144. The van der Waals surface area contributed by atoms with Crippen LogP contribution in [0.1, 0.15) is 38.1 Å². The molecular weight excluding hydrogens is 598 g/mol. The summed E-state index contributed by atoms with van der Waals surface area (Å²) >= 11 is 10.2. The smallest absolute Gasteiger partial charge is 0.344 e. The molecule has 3 aromatic rings. The van der Waals surface area contributed by atoms with Crippen LogP contribution in [0.2, 0.25) is 0 Å². The van der Waals surface area contributed by atoms with Gasteiger partial charge in [-0.1, -0.05) is 29.8 Å². The number of benzene rings is 2. The molecular formula is C21H18Br3N3O4. The standard InChI is InChI=1S/C21H18Br3N3O4/c1-10(2)19-26-17-5-4-13(22)8-14(17)20(28)27(19)25-9-12-6-15(23)18(16(24)7-12)31-11(3)21(29)30/h4-11H,1-3H3,(H,29,30)/t11-/m1/s1. The summed E-state index contributed by atoms with van der Waals surface area (Å²) in [6.45, 7) is 5.34. The quantitative estimate of drug-likeness (QED) is 0.368. The number of aromatic nitrogens is 2.